The molecule has 4 fully saturated rings. The van der Waals surface area contributed by atoms with Crippen molar-refractivity contribution in [2.45, 2.75) is 60.2 Å². The first-order valence-corrected chi connectivity index (χ1v) is 20.9. The highest BCUT2D eigenvalue weighted by molar-refractivity contribution is 6.05. The van der Waals surface area contributed by atoms with E-state index in [4.69, 9.17) is 14.2 Å². The maximum absolute atomic E-state index is 12.6. The molecule has 8 heteroatoms. The van der Waals surface area contributed by atoms with Crippen LogP contribution in [0, 0.1) is 11.8 Å². The predicted molar refractivity (Wildman–Crippen MR) is 237 cm³/mol. The molecule has 0 spiro atoms. The molecule has 4 aliphatic rings. The van der Waals surface area contributed by atoms with Crippen molar-refractivity contribution in [1.29, 1.82) is 0 Å². The Balaban J connectivity index is 1.12. The number of nitrogens with zero attached hydrogens (tertiary/aromatic N) is 2. The molecule has 5 aromatic carbocycles. The van der Waals surface area contributed by atoms with Crippen LogP contribution in [-0.4, -0.2) is 49.2 Å². The first-order chi connectivity index (χ1) is 30.1. The Morgan fingerprint density at radius 3 is 1.24 bits per heavy atom. The first-order valence-electron chi connectivity index (χ1n) is 20.9. The summed E-state index contributed by atoms with van der Waals surface area (Å²) in [5, 5.41) is 1.97. The van der Waals surface area contributed by atoms with E-state index in [2.05, 4.69) is 88.5 Å². The number of hydrogen-bond donors (Lipinski definition) is 0. The minimum Gasteiger partial charge on any atom is -0.465 e. The van der Waals surface area contributed by atoms with Gasteiger partial charge in [0, 0.05) is 34.3 Å². The molecule has 4 bridgehead atoms. The van der Waals surface area contributed by atoms with Crippen molar-refractivity contribution in [3.05, 3.63) is 190 Å². The van der Waals surface area contributed by atoms with Crippen LogP contribution in [0.3, 0.4) is 0 Å². The largest absolute Gasteiger partial charge is 0.465 e. The smallest absolute Gasteiger partial charge is 0.337 e. The van der Waals surface area contributed by atoms with E-state index in [0.717, 1.165) is 71.5 Å². The van der Waals surface area contributed by atoms with Crippen LogP contribution in [0.1, 0.15) is 103 Å². The Hall–Kier alpha value is -7.11. The molecule has 4 aliphatic carbocycles. The van der Waals surface area contributed by atoms with Gasteiger partial charge in [-0.2, -0.15) is 0 Å². The maximum atomic E-state index is 12.6. The fourth-order valence-electron chi connectivity index (χ4n) is 12.0. The van der Waals surface area contributed by atoms with Gasteiger partial charge in [0.25, 0.3) is 0 Å². The molecule has 0 radical (unpaired) electrons. The zero-order valence-corrected chi connectivity index (χ0v) is 34.9. The number of aromatic nitrogens is 2. The van der Waals surface area contributed by atoms with Crippen molar-refractivity contribution in [3.63, 3.8) is 0 Å². The molecule has 0 atom stereocenters. The number of rotatable bonds is 7. The van der Waals surface area contributed by atoms with Gasteiger partial charge in [-0.05, 0) is 155 Å². The normalized spacial score (nSPS) is 23.3. The second-order valence-electron chi connectivity index (χ2n) is 17.6. The number of carbonyl (C=O) groups excluding carboxylic acids is 3. The molecule has 7 aromatic rings. The summed E-state index contributed by atoms with van der Waals surface area (Å²) in [5.74, 6) is 5.83. The van der Waals surface area contributed by atoms with Gasteiger partial charge < -0.3 is 14.2 Å². The van der Waals surface area contributed by atoms with Gasteiger partial charge in [0.15, 0.2) is 0 Å². The summed E-state index contributed by atoms with van der Waals surface area (Å²) >= 11 is 0. The van der Waals surface area contributed by atoms with Crippen molar-refractivity contribution in [1.82, 2.24) is 9.97 Å². The van der Waals surface area contributed by atoms with Gasteiger partial charge in [0.05, 0.1) is 49.1 Å². The lowest BCUT2D eigenvalue weighted by atomic mass is 9.32. The molecule has 2 aromatic heterocycles. The minimum absolute atomic E-state index is 0.267. The third kappa shape index (κ3) is 6.34. The fourth-order valence-corrected chi connectivity index (χ4v) is 12.0. The molecule has 2 heterocycles. The van der Waals surface area contributed by atoms with Crippen molar-refractivity contribution in [2.75, 3.05) is 21.3 Å². The summed E-state index contributed by atoms with van der Waals surface area (Å²) in [6.07, 6.45) is 9.01. The molecule has 0 unspecified atom stereocenters. The van der Waals surface area contributed by atoms with Gasteiger partial charge in [-0.1, -0.05) is 66.4 Å². The summed E-state index contributed by atoms with van der Waals surface area (Å²) < 4.78 is 15.3. The van der Waals surface area contributed by atoms with E-state index >= 15 is 0 Å². The molecule has 11 rings (SSSR count). The Kier molecular flexibility index (Phi) is 9.33. The van der Waals surface area contributed by atoms with Crippen molar-refractivity contribution in [3.8, 4) is 11.8 Å². The average molecular weight is 817 g/mol. The second-order valence-corrected chi connectivity index (χ2v) is 17.6. The van der Waals surface area contributed by atoms with E-state index < -0.39 is 0 Å². The number of esters is 3. The van der Waals surface area contributed by atoms with E-state index in [9.17, 15) is 14.4 Å². The lowest BCUT2D eigenvalue weighted by Gasteiger charge is -2.71. The van der Waals surface area contributed by atoms with Gasteiger partial charge in [-0.25, -0.2) is 14.4 Å². The van der Waals surface area contributed by atoms with E-state index in [0.29, 0.717) is 16.7 Å². The number of hydrogen-bond acceptors (Lipinski definition) is 8. The molecule has 0 amide bonds. The van der Waals surface area contributed by atoms with Crippen molar-refractivity contribution < 1.29 is 28.6 Å². The zero-order chi connectivity index (χ0) is 42.7. The molecule has 0 aliphatic heterocycles. The lowest BCUT2D eigenvalue weighted by molar-refractivity contribution is -0.0692. The average Bonchev–Trinajstić information content (AvgIpc) is 3.32. The number of benzene rings is 5. The standard InChI is InChI=1S/C54H44N2O6/c1-60-48(57)36-12-20-42(21-13-36)52-29-51(41-18-9-35(10-19-41)8-11-39-28-40-6-4-26-55-46(40)47-45(39)7-5-27-56-47)30-53(32-52,43-22-14-37(15-23-43)49(58)61-2)34-54(31-51,33-52)44-24-16-38(17-25-44)50(59)62-3/h4-7,9-10,12-28H,29-34H2,1-3H3. The van der Waals surface area contributed by atoms with Gasteiger partial charge in [-0.3, -0.25) is 9.97 Å². The third-order valence-corrected chi connectivity index (χ3v) is 14.1. The quantitative estimate of drug-likeness (QED) is 0.0678. The monoisotopic (exact) mass is 816 g/mol. The Labute approximate surface area is 360 Å². The Morgan fingerprint density at radius 2 is 0.839 bits per heavy atom. The highest BCUT2D eigenvalue weighted by Gasteiger charge is 2.69. The van der Waals surface area contributed by atoms with Gasteiger partial charge in [0.1, 0.15) is 0 Å². The maximum Gasteiger partial charge on any atom is 0.337 e. The minimum atomic E-state index is -0.367. The van der Waals surface area contributed by atoms with Crippen molar-refractivity contribution in [2.24, 2.45) is 0 Å². The van der Waals surface area contributed by atoms with Crippen LogP contribution in [0.15, 0.2) is 140 Å². The molecule has 4 saturated carbocycles. The Morgan fingerprint density at radius 1 is 0.468 bits per heavy atom. The molecule has 0 N–H and O–H groups in total. The molecule has 0 saturated heterocycles. The van der Waals surface area contributed by atoms with Gasteiger partial charge >= 0.3 is 17.9 Å². The number of pyridine rings is 2. The van der Waals surface area contributed by atoms with Crippen LogP contribution in [0.4, 0.5) is 0 Å². The third-order valence-electron chi connectivity index (χ3n) is 14.1. The summed E-state index contributed by atoms with van der Waals surface area (Å²) in [6, 6.07) is 43.0. The first kappa shape index (κ1) is 39.1. The van der Waals surface area contributed by atoms with E-state index in [1.54, 1.807) is 12.4 Å². The van der Waals surface area contributed by atoms with E-state index in [1.807, 2.05) is 60.7 Å². The van der Waals surface area contributed by atoms with Crippen LogP contribution >= 0.6 is 0 Å². The van der Waals surface area contributed by atoms with Crippen LogP contribution in [0.25, 0.3) is 21.8 Å². The number of fused-ring (bicyclic) bond motifs is 3. The van der Waals surface area contributed by atoms with Crippen LogP contribution in [0.5, 0.6) is 0 Å². The number of carbonyl (C=O) groups is 3. The SMILES string of the molecule is COC(=O)c1ccc(C23CC4(c5ccc(C#Cc6cc7cccnc7c7ncccc67)cc5)CC(c5ccc(C(=O)OC)cc5)(C2)CC(c2ccc(C(=O)OC)cc2)(C4)C3)cc1. The number of ether oxygens (including phenoxy) is 3. The van der Waals surface area contributed by atoms with Crippen LogP contribution < -0.4 is 0 Å². The molecular weight excluding hydrogens is 773 g/mol. The second kappa shape index (κ2) is 14.8. The predicted octanol–water partition coefficient (Wildman–Crippen LogP) is 9.98. The van der Waals surface area contributed by atoms with Gasteiger partial charge in [0.2, 0.25) is 0 Å². The zero-order valence-electron chi connectivity index (χ0n) is 34.9. The summed E-state index contributed by atoms with van der Waals surface area (Å²) in [4.78, 5) is 47.2. The van der Waals surface area contributed by atoms with Crippen LogP contribution in [0.2, 0.25) is 0 Å². The summed E-state index contributed by atoms with van der Waals surface area (Å²) in [5.41, 5.74) is 8.75. The fraction of sp³-hybridized carbons (Fsp3) is 0.241. The topological polar surface area (TPSA) is 105 Å². The highest BCUT2D eigenvalue weighted by Crippen LogP contribution is 2.74. The van der Waals surface area contributed by atoms with E-state index in [1.165, 1.54) is 43.6 Å². The van der Waals surface area contributed by atoms with Crippen LogP contribution in [-0.2, 0) is 35.9 Å². The van der Waals surface area contributed by atoms with Gasteiger partial charge in [-0.15, -0.1) is 0 Å². The summed E-state index contributed by atoms with van der Waals surface area (Å²) in [6.45, 7) is 0. The van der Waals surface area contributed by atoms with Crippen molar-refractivity contribution >= 4 is 39.7 Å². The number of methoxy groups -OCH3 is 3. The molecule has 306 valence electrons. The van der Waals surface area contributed by atoms with E-state index in [-0.39, 0.29) is 39.6 Å². The molecule has 8 nitrogen and oxygen atoms in total. The lowest BCUT2D eigenvalue weighted by Crippen LogP contribution is -2.67. The molecular formula is C54H44N2O6. The highest BCUT2D eigenvalue weighted by atomic mass is 16.5. The summed E-state index contributed by atoms with van der Waals surface area (Å²) in [7, 11) is 4.21. The molecule has 62 heavy (non-hydrogen) atoms. The Bertz CT molecular complexity index is 2790.